The van der Waals surface area contributed by atoms with Crippen LogP contribution in [0.3, 0.4) is 0 Å². The molecule has 2 heterocycles. The van der Waals surface area contributed by atoms with Crippen LogP contribution in [0.4, 0.5) is 0 Å². The molecule has 1 saturated carbocycles. The molecule has 108 valence electrons. The lowest BCUT2D eigenvalue weighted by molar-refractivity contribution is -0.135. The van der Waals surface area contributed by atoms with Crippen LogP contribution in [0.5, 0.6) is 0 Å². The van der Waals surface area contributed by atoms with Gasteiger partial charge in [0.25, 0.3) is 0 Å². The number of rotatable bonds is 3. The van der Waals surface area contributed by atoms with Gasteiger partial charge in [-0.1, -0.05) is 13.3 Å². The predicted molar refractivity (Wildman–Crippen MR) is 76.9 cm³/mol. The minimum Gasteiger partial charge on any atom is -0.342 e. The van der Waals surface area contributed by atoms with Crippen molar-refractivity contribution in [1.29, 1.82) is 0 Å². The molecule has 3 heteroatoms. The first kappa shape index (κ1) is 13.4. The molecule has 0 aromatic rings. The summed E-state index contributed by atoms with van der Waals surface area (Å²) in [4.78, 5) is 14.9. The van der Waals surface area contributed by atoms with E-state index in [-0.39, 0.29) is 0 Å². The summed E-state index contributed by atoms with van der Waals surface area (Å²) in [5.74, 6) is 1.63. The highest BCUT2D eigenvalue weighted by Crippen LogP contribution is 2.59. The fourth-order valence-electron chi connectivity index (χ4n) is 4.30. The van der Waals surface area contributed by atoms with Gasteiger partial charge in [-0.2, -0.15) is 0 Å². The second-order valence-electron chi connectivity index (χ2n) is 6.95. The molecule has 0 aromatic heterocycles. The Hall–Kier alpha value is -0.570. The average molecular weight is 264 g/mol. The molecule has 1 amide bonds. The van der Waals surface area contributed by atoms with Crippen molar-refractivity contribution in [3.8, 4) is 0 Å². The lowest BCUT2D eigenvalue weighted by Gasteiger charge is -2.34. The van der Waals surface area contributed by atoms with Gasteiger partial charge >= 0.3 is 0 Å². The van der Waals surface area contributed by atoms with Crippen molar-refractivity contribution in [3.63, 3.8) is 0 Å². The molecule has 2 atom stereocenters. The molecule has 2 aliphatic heterocycles. The number of amides is 1. The first-order chi connectivity index (χ1) is 9.25. The van der Waals surface area contributed by atoms with Crippen molar-refractivity contribution in [1.82, 2.24) is 10.2 Å². The molecule has 1 aliphatic carbocycles. The van der Waals surface area contributed by atoms with E-state index < -0.39 is 0 Å². The van der Waals surface area contributed by atoms with Gasteiger partial charge in [0.15, 0.2) is 0 Å². The Morgan fingerprint density at radius 1 is 1.37 bits per heavy atom. The van der Waals surface area contributed by atoms with Crippen LogP contribution in [0.2, 0.25) is 0 Å². The summed E-state index contributed by atoms with van der Waals surface area (Å²) in [6.45, 7) is 6.54. The topological polar surface area (TPSA) is 32.3 Å². The van der Waals surface area contributed by atoms with Gasteiger partial charge in [-0.3, -0.25) is 4.79 Å². The number of hydrogen-bond donors (Lipinski definition) is 1. The Morgan fingerprint density at radius 2 is 2.16 bits per heavy atom. The average Bonchev–Trinajstić information content (AvgIpc) is 3.13. The molecule has 0 aromatic carbocycles. The molecule has 0 bridgehead atoms. The zero-order chi connectivity index (χ0) is 13.3. The van der Waals surface area contributed by atoms with Crippen LogP contribution in [-0.2, 0) is 4.79 Å². The molecule has 3 aliphatic rings. The summed E-state index contributed by atoms with van der Waals surface area (Å²) < 4.78 is 0. The number of carbonyl (C=O) groups excluding carboxylic acids is 1. The molecule has 1 spiro atoms. The summed E-state index contributed by atoms with van der Waals surface area (Å²) in [7, 11) is 0. The summed E-state index contributed by atoms with van der Waals surface area (Å²) in [6, 6.07) is 0. The lowest BCUT2D eigenvalue weighted by Crippen LogP contribution is -2.42. The molecule has 3 fully saturated rings. The van der Waals surface area contributed by atoms with Crippen LogP contribution < -0.4 is 5.32 Å². The first-order valence-corrected chi connectivity index (χ1v) is 8.25. The minimum atomic E-state index is 0.370. The maximum atomic E-state index is 12.7. The van der Waals surface area contributed by atoms with Gasteiger partial charge < -0.3 is 10.2 Å². The van der Waals surface area contributed by atoms with Crippen molar-refractivity contribution in [3.05, 3.63) is 0 Å². The van der Waals surface area contributed by atoms with Gasteiger partial charge in [0.05, 0.1) is 0 Å². The zero-order valence-electron chi connectivity index (χ0n) is 12.3. The number of hydrogen-bond acceptors (Lipinski definition) is 2. The highest BCUT2D eigenvalue weighted by atomic mass is 16.2. The minimum absolute atomic E-state index is 0.370. The fraction of sp³-hybridized carbons (Fsp3) is 0.938. The third kappa shape index (κ3) is 2.67. The van der Waals surface area contributed by atoms with Gasteiger partial charge in [0, 0.05) is 19.0 Å². The standard InChI is InChI=1S/C16H28N2O/c1-2-4-13-5-3-10-18(12-13)15(19)14-11-16(14)6-8-17-9-7-16/h13-14,17H,2-12H2,1H3. The third-order valence-corrected chi connectivity index (χ3v) is 5.61. The monoisotopic (exact) mass is 264 g/mol. The largest absolute Gasteiger partial charge is 0.342 e. The van der Waals surface area contributed by atoms with E-state index in [1.54, 1.807) is 0 Å². The van der Waals surface area contributed by atoms with Gasteiger partial charge in [0.1, 0.15) is 0 Å². The highest BCUT2D eigenvalue weighted by molar-refractivity contribution is 5.82. The van der Waals surface area contributed by atoms with Crippen LogP contribution in [0.15, 0.2) is 0 Å². The second kappa shape index (κ2) is 5.43. The van der Waals surface area contributed by atoms with E-state index in [9.17, 15) is 4.79 Å². The number of nitrogens with zero attached hydrogens (tertiary/aromatic N) is 1. The van der Waals surface area contributed by atoms with E-state index >= 15 is 0 Å². The quantitative estimate of drug-likeness (QED) is 0.849. The zero-order valence-corrected chi connectivity index (χ0v) is 12.3. The molecule has 2 saturated heterocycles. The summed E-state index contributed by atoms with van der Waals surface area (Å²) in [5.41, 5.74) is 0.403. The molecular weight excluding hydrogens is 236 g/mol. The maximum Gasteiger partial charge on any atom is 0.226 e. The van der Waals surface area contributed by atoms with E-state index in [0.29, 0.717) is 17.2 Å². The molecule has 3 nitrogen and oxygen atoms in total. The van der Waals surface area contributed by atoms with Gasteiger partial charge in [-0.05, 0) is 62.9 Å². The molecule has 3 rings (SSSR count). The van der Waals surface area contributed by atoms with Crippen molar-refractivity contribution in [2.24, 2.45) is 17.3 Å². The molecule has 0 radical (unpaired) electrons. The van der Waals surface area contributed by atoms with Crippen LogP contribution in [0, 0.1) is 17.3 Å². The van der Waals surface area contributed by atoms with E-state index in [0.717, 1.165) is 32.1 Å². The van der Waals surface area contributed by atoms with Crippen molar-refractivity contribution >= 4 is 5.91 Å². The SMILES string of the molecule is CCCC1CCCN(C(=O)C2CC23CCNCC3)C1. The van der Waals surface area contributed by atoms with Crippen LogP contribution in [0.25, 0.3) is 0 Å². The van der Waals surface area contributed by atoms with Crippen LogP contribution in [-0.4, -0.2) is 37.0 Å². The number of piperidine rings is 2. The predicted octanol–water partition coefficient (Wildman–Crippen LogP) is 2.41. The van der Waals surface area contributed by atoms with Crippen molar-refractivity contribution in [2.45, 2.75) is 51.9 Å². The molecular formula is C16H28N2O. The number of carbonyl (C=O) groups is 1. The third-order valence-electron chi connectivity index (χ3n) is 5.61. The van der Waals surface area contributed by atoms with Crippen LogP contribution >= 0.6 is 0 Å². The van der Waals surface area contributed by atoms with E-state index in [1.165, 1.54) is 44.9 Å². The van der Waals surface area contributed by atoms with Gasteiger partial charge in [0.2, 0.25) is 5.91 Å². The van der Waals surface area contributed by atoms with Crippen molar-refractivity contribution < 1.29 is 4.79 Å². The fourth-order valence-corrected chi connectivity index (χ4v) is 4.30. The van der Waals surface area contributed by atoms with E-state index in [1.807, 2.05) is 0 Å². The first-order valence-electron chi connectivity index (χ1n) is 8.25. The summed E-state index contributed by atoms with van der Waals surface area (Å²) >= 11 is 0. The normalized spacial score (nSPS) is 33.4. The second-order valence-corrected chi connectivity index (χ2v) is 6.95. The van der Waals surface area contributed by atoms with E-state index in [4.69, 9.17) is 0 Å². The van der Waals surface area contributed by atoms with Gasteiger partial charge in [-0.25, -0.2) is 0 Å². The summed E-state index contributed by atoms with van der Waals surface area (Å²) in [5, 5.41) is 3.42. The Bertz CT molecular complexity index is 334. The lowest BCUT2D eigenvalue weighted by atomic mass is 9.90. The number of nitrogens with one attached hydrogen (secondary N) is 1. The molecule has 2 unspecified atom stereocenters. The van der Waals surface area contributed by atoms with Crippen molar-refractivity contribution in [2.75, 3.05) is 26.2 Å². The highest BCUT2D eigenvalue weighted by Gasteiger charge is 2.58. The Kier molecular flexibility index (Phi) is 3.84. The summed E-state index contributed by atoms with van der Waals surface area (Å²) in [6.07, 6.45) is 8.71. The maximum absolute atomic E-state index is 12.7. The van der Waals surface area contributed by atoms with Crippen LogP contribution in [0.1, 0.15) is 51.9 Å². The van der Waals surface area contributed by atoms with Gasteiger partial charge in [-0.15, -0.1) is 0 Å². The van der Waals surface area contributed by atoms with E-state index in [2.05, 4.69) is 17.1 Å². The smallest absolute Gasteiger partial charge is 0.226 e. The Balaban J connectivity index is 1.56. The Labute approximate surface area is 117 Å². The number of likely N-dealkylation sites (tertiary alicyclic amines) is 1. The molecule has 19 heavy (non-hydrogen) atoms. The Morgan fingerprint density at radius 3 is 2.89 bits per heavy atom. The molecule has 1 N–H and O–H groups in total.